The molecular formula is C52H96F2N2O2. The maximum atomic E-state index is 12.6. The molecule has 0 unspecified atom stereocenters. The van der Waals surface area contributed by atoms with Gasteiger partial charge in [-0.15, -0.1) is 0 Å². The molecule has 0 heterocycles. The molecule has 0 spiro atoms. The van der Waals surface area contributed by atoms with Crippen LogP contribution in [0.25, 0.3) is 0 Å². The molecule has 0 radical (unpaired) electrons. The van der Waals surface area contributed by atoms with Crippen LogP contribution in [0.2, 0.25) is 0 Å². The first-order valence-electron chi connectivity index (χ1n) is 24.4. The number of nitriles is 2. The van der Waals surface area contributed by atoms with E-state index in [2.05, 4.69) is 109 Å². The van der Waals surface area contributed by atoms with Crippen LogP contribution in [0.5, 0.6) is 0 Å². The number of alkyl halides is 2. The smallest absolute Gasteiger partial charge is 0.248 e. The predicted molar refractivity (Wildman–Crippen MR) is 242 cm³/mol. The van der Waals surface area contributed by atoms with Crippen molar-refractivity contribution in [2.75, 3.05) is 7.11 Å². The zero-order chi connectivity index (χ0) is 44.5. The SMILES string of the molecule is CC(C)C1(C#N)CC1.CC(C)C1(C#N)CCC1.CC(C)C1(O)CC1.CC(C)C1CC1.CC(C)C1CCC(F)(F)CC1.CC(C)C1CCCCC1.COC1(C(C)C)CC1. The fourth-order valence-electron chi connectivity index (χ4n) is 8.47. The Kier molecular flexibility index (Phi) is 23.6. The van der Waals surface area contributed by atoms with Crippen LogP contribution in [0.15, 0.2) is 0 Å². The van der Waals surface area contributed by atoms with E-state index in [0.29, 0.717) is 54.0 Å². The Morgan fingerprint density at radius 3 is 0.966 bits per heavy atom. The third kappa shape index (κ3) is 19.6. The van der Waals surface area contributed by atoms with Crippen molar-refractivity contribution in [3.63, 3.8) is 0 Å². The minimum absolute atomic E-state index is 0.0694. The van der Waals surface area contributed by atoms with Gasteiger partial charge in [0.15, 0.2) is 0 Å². The van der Waals surface area contributed by atoms with E-state index in [1.165, 1.54) is 64.2 Å². The molecule has 0 saturated heterocycles. The molecule has 0 aliphatic heterocycles. The van der Waals surface area contributed by atoms with E-state index in [4.69, 9.17) is 15.3 Å². The zero-order valence-corrected chi connectivity index (χ0v) is 40.9. The van der Waals surface area contributed by atoms with Gasteiger partial charge in [0.2, 0.25) is 5.92 Å². The highest BCUT2D eigenvalue weighted by Gasteiger charge is 2.46. The Hall–Kier alpha value is -1.24. The summed E-state index contributed by atoms with van der Waals surface area (Å²) in [7, 11) is 1.81. The molecule has 7 saturated carbocycles. The molecule has 0 amide bonds. The van der Waals surface area contributed by atoms with Crippen LogP contribution in [-0.2, 0) is 4.74 Å². The van der Waals surface area contributed by atoms with Gasteiger partial charge >= 0.3 is 0 Å². The molecule has 1 N–H and O–H groups in total. The number of methoxy groups -OCH3 is 1. The summed E-state index contributed by atoms with van der Waals surface area (Å²) in [4.78, 5) is 0. The van der Waals surface area contributed by atoms with Crippen molar-refractivity contribution >= 4 is 0 Å². The number of aliphatic hydroxyl groups is 1. The second kappa shape index (κ2) is 25.0. The molecule has 4 nitrogen and oxygen atoms in total. The summed E-state index contributed by atoms with van der Waals surface area (Å²) in [5, 5.41) is 26.5. The van der Waals surface area contributed by atoms with Gasteiger partial charge in [0.1, 0.15) is 0 Å². The number of rotatable bonds is 8. The van der Waals surface area contributed by atoms with Crippen LogP contribution >= 0.6 is 0 Å². The normalized spacial score (nSPS) is 23.9. The minimum atomic E-state index is -2.36. The van der Waals surface area contributed by atoms with Crippen LogP contribution in [0.4, 0.5) is 8.78 Å². The lowest BCUT2D eigenvalue weighted by Gasteiger charge is -2.38. The van der Waals surface area contributed by atoms with Crippen molar-refractivity contribution in [2.24, 2.45) is 70.0 Å². The first-order valence-corrected chi connectivity index (χ1v) is 24.4. The van der Waals surface area contributed by atoms with Crippen LogP contribution in [0.1, 0.15) is 225 Å². The first-order chi connectivity index (χ1) is 26.9. The topological polar surface area (TPSA) is 77.0 Å². The predicted octanol–water partition coefficient (Wildman–Crippen LogP) is 16.0. The molecule has 7 aliphatic carbocycles. The Bertz CT molecular complexity index is 1170. The lowest BCUT2D eigenvalue weighted by molar-refractivity contribution is -0.0504. The van der Waals surface area contributed by atoms with Crippen molar-refractivity contribution in [1.29, 1.82) is 10.5 Å². The second-order valence-corrected chi connectivity index (χ2v) is 22.0. The Morgan fingerprint density at radius 1 is 0.466 bits per heavy atom. The van der Waals surface area contributed by atoms with E-state index in [1.54, 1.807) is 0 Å². The highest BCUT2D eigenvalue weighted by atomic mass is 19.3. The minimum Gasteiger partial charge on any atom is -0.390 e. The standard InChI is InChI=1S/C9H16F2.C9H18.C8H13N.C7H11N.C7H14O.C6H12O.C6H12/c1-7(2)8-3-5-9(10,11)6-4-8;1-8(2)9-6-4-3-5-7-9;1-7(2)8(6-9)4-3-5-8;1-6(2)7(5-8)3-4-7;1-6(2)7(8-3)4-5-7;1-5(2)6(7)3-4-6;1-5(2)6-3-4-6/h7-8H,3-6H2,1-2H3;8-9H,3-7H2,1-2H3;7H,3-5H2,1-2H3;6H,3-4H2,1-2H3;6H,4-5H2,1-3H3;5,7H,3-4H2,1-2H3;5-6H,3-4H2,1-2H3. The number of ether oxygens (including phenoxy) is 1. The summed E-state index contributed by atoms with van der Waals surface area (Å²) in [5.41, 5.74) is 0.208. The fraction of sp³-hybridized carbons (Fsp3) is 0.962. The molecule has 7 fully saturated rings. The van der Waals surface area contributed by atoms with Crippen molar-refractivity contribution < 1.29 is 18.6 Å². The third-order valence-corrected chi connectivity index (χ3v) is 15.6. The molecule has 7 aliphatic rings. The summed E-state index contributed by atoms with van der Waals surface area (Å²) in [5.74, 6) is 5.09. The highest BCUT2D eigenvalue weighted by Crippen LogP contribution is 2.51. The maximum Gasteiger partial charge on any atom is 0.248 e. The Labute approximate surface area is 359 Å². The average molecular weight is 819 g/mol. The van der Waals surface area contributed by atoms with Crippen LogP contribution < -0.4 is 0 Å². The molecule has 6 heteroatoms. The van der Waals surface area contributed by atoms with Crippen LogP contribution in [-0.4, -0.2) is 29.3 Å². The highest BCUT2D eigenvalue weighted by molar-refractivity contribution is 5.11. The monoisotopic (exact) mass is 819 g/mol. The van der Waals surface area contributed by atoms with Crippen molar-refractivity contribution in [3.05, 3.63) is 0 Å². The molecule has 0 atom stereocenters. The van der Waals surface area contributed by atoms with Gasteiger partial charge in [0.25, 0.3) is 0 Å². The first kappa shape index (κ1) is 54.8. The molecule has 0 aromatic heterocycles. The van der Waals surface area contributed by atoms with Crippen molar-refractivity contribution in [1.82, 2.24) is 0 Å². The van der Waals surface area contributed by atoms with Gasteiger partial charge in [0.05, 0.1) is 34.2 Å². The van der Waals surface area contributed by atoms with Gasteiger partial charge < -0.3 is 9.84 Å². The molecule has 7 rings (SSSR count). The summed E-state index contributed by atoms with van der Waals surface area (Å²) in [6, 6.07) is 4.77. The van der Waals surface area contributed by atoms with Gasteiger partial charge in [-0.2, -0.15) is 10.5 Å². The van der Waals surface area contributed by atoms with Crippen molar-refractivity contribution in [3.8, 4) is 12.1 Å². The quantitative estimate of drug-likeness (QED) is 0.265. The zero-order valence-electron chi connectivity index (χ0n) is 40.9. The maximum absolute atomic E-state index is 12.6. The van der Waals surface area contributed by atoms with Gasteiger partial charge in [-0.25, -0.2) is 8.78 Å². The lowest BCUT2D eigenvalue weighted by atomic mass is 9.63. The Balaban J connectivity index is 0.000000340. The van der Waals surface area contributed by atoms with Crippen molar-refractivity contribution in [2.45, 2.75) is 242 Å². The number of nitrogens with zero attached hydrogens (tertiary/aromatic N) is 2. The molecule has 0 bridgehead atoms. The van der Waals surface area contributed by atoms with E-state index >= 15 is 0 Å². The molecule has 58 heavy (non-hydrogen) atoms. The lowest BCUT2D eigenvalue weighted by Crippen LogP contribution is -2.32. The van der Waals surface area contributed by atoms with Crippen LogP contribution in [0.3, 0.4) is 0 Å². The summed E-state index contributed by atoms with van der Waals surface area (Å²) in [6.07, 6.45) is 22.4. The number of halogens is 2. The molecule has 0 aromatic rings. The van der Waals surface area contributed by atoms with Gasteiger partial charge in [-0.3, -0.25) is 0 Å². The second-order valence-electron chi connectivity index (χ2n) is 22.0. The molecular weight excluding hydrogens is 723 g/mol. The average Bonchev–Trinajstić information content (AvgIpc) is 3.96. The number of hydrogen-bond acceptors (Lipinski definition) is 4. The molecule has 0 aromatic carbocycles. The van der Waals surface area contributed by atoms with Gasteiger partial charge in [-0.1, -0.05) is 135 Å². The van der Waals surface area contributed by atoms with E-state index < -0.39 is 5.92 Å². The van der Waals surface area contributed by atoms with E-state index in [-0.39, 0.29) is 29.3 Å². The van der Waals surface area contributed by atoms with E-state index in [0.717, 1.165) is 62.2 Å². The number of hydrogen-bond donors (Lipinski definition) is 1. The van der Waals surface area contributed by atoms with E-state index in [1.807, 2.05) is 7.11 Å². The van der Waals surface area contributed by atoms with Crippen LogP contribution in [0, 0.1) is 92.7 Å². The summed E-state index contributed by atoms with van der Waals surface area (Å²) >= 11 is 0. The van der Waals surface area contributed by atoms with E-state index in [9.17, 15) is 13.9 Å². The van der Waals surface area contributed by atoms with Gasteiger partial charge in [-0.05, 0) is 136 Å². The largest absolute Gasteiger partial charge is 0.390 e. The summed E-state index contributed by atoms with van der Waals surface area (Å²) < 4.78 is 30.6. The van der Waals surface area contributed by atoms with Gasteiger partial charge in [0, 0.05) is 20.0 Å². The fourth-order valence-corrected chi connectivity index (χ4v) is 8.47. The third-order valence-electron chi connectivity index (χ3n) is 15.6. The summed E-state index contributed by atoms with van der Waals surface area (Å²) in [6.45, 7) is 30.6. The Morgan fingerprint density at radius 2 is 0.845 bits per heavy atom. The molecule has 340 valence electrons.